The van der Waals surface area contributed by atoms with Crippen LogP contribution >= 0.6 is 0 Å². The number of carbonyl (C=O) groups is 2. The number of likely N-dealkylation sites (N-methyl/N-ethyl adjacent to an activating group) is 2. The standard InChI is InChI=1S/C12H23N3O2/c1-4-15(9-12(17)14(2)3)11(16)7-8-13-10-5-6-10/h10,13H,4-9H2,1-3H3. The van der Waals surface area contributed by atoms with E-state index in [0.29, 0.717) is 19.0 Å². The zero-order valence-corrected chi connectivity index (χ0v) is 11.0. The number of nitrogens with zero attached hydrogens (tertiary/aromatic N) is 2. The topological polar surface area (TPSA) is 52.7 Å². The number of hydrogen-bond acceptors (Lipinski definition) is 3. The minimum Gasteiger partial charge on any atom is -0.347 e. The smallest absolute Gasteiger partial charge is 0.241 e. The first kappa shape index (κ1) is 14.0. The Morgan fingerprint density at radius 1 is 1.24 bits per heavy atom. The highest BCUT2D eigenvalue weighted by Crippen LogP contribution is 2.18. The van der Waals surface area contributed by atoms with Crippen LogP contribution in [-0.4, -0.2) is 61.4 Å². The van der Waals surface area contributed by atoms with Crippen molar-refractivity contribution in [1.29, 1.82) is 0 Å². The molecule has 0 heterocycles. The number of nitrogens with one attached hydrogen (secondary N) is 1. The highest BCUT2D eigenvalue weighted by molar-refractivity contribution is 5.84. The quantitative estimate of drug-likeness (QED) is 0.686. The highest BCUT2D eigenvalue weighted by Gasteiger charge is 2.21. The van der Waals surface area contributed by atoms with Gasteiger partial charge in [0.05, 0.1) is 6.54 Å². The van der Waals surface area contributed by atoms with Crippen molar-refractivity contribution in [2.24, 2.45) is 0 Å². The lowest BCUT2D eigenvalue weighted by molar-refractivity contribution is -0.139. The van der Waals surface area contributed by atoms with Crippen molar-refractivity contribution in [2.45, 2.75) is 32.2 Å². The van der Waals surface area contributed by atoms with E-state index in [9.17, 15) is 9.59 Å². The van der Waals surface area contributed by atoms with Gasteiger partial charge in [0.15, 0.2) is 0 Å². The van der Waals surface area contributed by atoms with Crippen LogP contribution in [0.3, 0.4) is 0 Å². The van der Waals surface area contributed by atoms with E-state index in [1.165, 1.54) is 17.7 Å². The van der Waals surface area contributed by atoms with Gasteiger partial charge < -0.3 is 15.1 Å². The van der Waals surface area contributed by atoms with Gasteiger partial charge in [0.2, 0.25) is 11.8 Å². The van der Waals surface area contributed by atoms with Crippen molar-refractivity contribution in [3.8, 4) is 0 Å². The monoisotopic (exact) mass is 241 g/mol. The number of rotatable bonds is 7. The molecule has 0 aromatic rings. The molecule has 0 saturated heterocycles. The fraction of sp³-hybridized carbons (Fsp3) is 0.833. The molecule has 0 atom stereocenters. The van der Waals surface area contributed by atoms with Gasteiger partial charge in [-0.1, -0.05) is 0 Å². The molecule has 1 rings (SSSR count). The molecule has 0 radical (unpaired) electrons. The van der Waals surface area contributed by atoms with Crippen LogP contribution in [0, 0.1) is 0 Å². The van der Waals surface area contributed by atoms with Gasteiger partial charge in [-0.3, -0.25) is 9.59 Å². The minimum absolute atomic E-state index is 0.0321. The average Bonchev–Trinajstić information content (AvgIpc) is 3.09. The Labute approximate surface area is 103 Å². The Hall–Kier alpha value is -1.10. The van der Waals surface area contributed by atoms with E-state index in [1.807, 2.05) is 6.92 Å². The largest absolute Gasteiger partial charge is 0.347 e. The molecule has 1 aliphatic rings. The zero-order valence-electron chi connectivity index (χ0n) is 11.0. The van der Waals surface area contributed by atoms with Crippen molar-refractivity contribution in [3.05, 3.63) is 0 Å². The highest BCUT2D eigenvalue weighted by atomic mass is 16.2. The summed E-state index contributed by atoms with van der Waals surface area (Å²) in [7, 11) is 3.41. The second-order valence-corrected chi connectivity index (χ2v) is 4.67. The normalized spacial score (nSPS) is 14.5. The Morgan fingerprint density at radius 3 is 2.35 bits per heavy atom. The third-order valence-corrected chi connectivity index (χ3v) is 2.91. The molecule has 5 nitrogen and oxygen atoms in total. The van der Waals surface area contributed by atoms with Gasteiger partial charge in [-0.15, -0.1) is 0 Å². The molecule has 0 aliphatic heterocycles. The third-order valence-electron chi connectivity index (χ3n) is 2.91. The van der Waals surface area contributed by atoms with Crippen LogP contribution in [0.5, 0.6) is 0 Å². The molecule has 1 fully saturated rings. The van der Waals surface area contributed by atoms with Gasteiger partial charge in [0, 0.05) is 39.6 Å². The lowest BCUT2D eigenvalue weighted by Gasteiger charge is -2.22. The van der Waals surface area contributed by atoms with E-state index < -0.39 is 0 Å². The fourth-order valence-electron chi connectivity index (χ4n) is 1.51. The second-order valence-electron chi connectivity index (χ2n) is 4.67. The van der Waals surface area contributed by atoms with Crippen LogP contribution in [0.4, 0.5) is 0 Å². The van der Waals surface area contributed by atoms with Crippen LogP contribution in [-0.2, 0) is 9.59 Å². The molecule has 5 heteroatoms. The van der Waals surface area contributed by atoms with Gasteiger partial charge in [0.1, 0.15) is 0 Å². The van der Waals surface area contributed by atoms with Crippen LogP contribution in [0.25, 0.3) is 0 Å². The first-order chi connectivity index (χ1) is 8.04. The summed E-state index contributed by atoms with van der Waals surface area (Å²) in [6.07, 6.45) is 2.93. The first-order valence-corrected chi connectivity index (χ1v) is 6.26. The van der Waals surface area contributed by atoms with Gasteiger partial charge in [-0.05, 0) is 19.8 Å². The van der Waals surface area contributed by atoms with Crippen LogP contribution in [0.1, 0.15) is 26.2 Å². The molecule has 1 N–H and O–H groups in total. The van der Waals surface area contributed by atoms with Crippen molar-refractivity contribution >= 4 is 11.8 Å². The number of carbonyl (C=O) groups excluding carboxylic acids is 2. The van der Waals surface area contributed by atoms with Gasteiger partial charge in [-0.2, -0.15) is 0 Å². The predicted octanol–water partition coefficient (Wildman–Crippen LogP) is 0.0652. The molecule has 0 unspecified atom stereocenters. The second kappa shape index (κ2) is 6.59. The molecule has 2 amide bonds. The average molecular weight is 241 g/mol. The summed E-state index contributed by atoms with van der Waals surface area (Å²) in [5, 5.41) is 3.30. The molecular weight excluding hydrogens is 218 g/mol. The van der Waals surface area contributed by atoms with Crippen molar-refractivity contribution < 1.29 is 9.59 Å². The Kier molecular flexibility index (Phi) is 5.41. The third kappa shape index (κ3) is 5.17. The number of hydrogen-bond donors (Lipinski definition) is 1. The summed E-state index contributed by atoms with van der Waals surface area (Å²) in [6.45, 7) is 3.39. The summed E-state index contributed by atoms with van der Waals surface area (Å²) in [5.74, 6) is 0.0196. The summed E-state index contributed by atoms with van der Waals surface area (Å²) in [5.41, 5.74) is 0. The lowest BCUT2D eigenvalue weighted by atomic mass is 10.3. The van der Waals surface area contributed by atoms with Gasteiger partial charge in [0.25, 0.3) is 0 Å². The van der Waals surface area contributed by atoms with Crippen LogP contribution in [0.15, 0.2) is 0 Å². The van der Waals surface area contributed by atoms with Gasteiger partial charge >= 0.3 is 0 Å². The van der Waals surface area contributed by atoms with E-state index in [4.69, 9.17) is 0 Å². The molecule has 0 bridgehead atoms. The zero-order chi connectivity index (χ0) is 12.8. The van der Waals surface area contributed by atoms with Crippen molar-refractivity contribution in [1.82, 2.24) is 15.1 Å². The Morgan fingerprint density at radius 2 is 1.88 bits per heavy atom. The van der Waals surface area contributed by atoms with E-state index in [1.54, 1.807) is 19.0 Å². The predicted molar refractivity (Wildman–Crippen MR) is 66.6 cm³/mol. The summed E-state index contributed by atoms with van der Waals surface area (Å²) < 4.78 is 0. The van der Waals surface area contributed by atoms with E-state index in [0.717, 1.165) is 6.54 Å². The maximum absolute atomic E-state index is 11.8. The maximum atomic E-state index is 11.8. The minimum atomic E-state index is -0.0321. The summed E-state index contributed by atoms with van der Waals surface area (Å²) >= 11 is 0. The van der Waals surface area contributed by atoms with E-state index >= 15 is 0 Å². The van der Waals surface area contributed by atoms with E-state index in [2.05, 4.69) is 5.32 Å². The molecule has 1 aliphatic carbocycles. The van der Waals surface area contributed by atoms with Crippen LogP contribution < -0.4 is 5.32 Å². The van der Waals surface area contributed by atoms with Crippen molar-refractivity contribution in [3.63, 3.8) is 0 Å². The fourth-order valence-corrected chi connectivity index (χ4v) is 1.51. The van der Waals surface area contributed by atoms with Gasteiger partial charge in [-0.25, -0.2) is 0 Å². The maximum Gasteiger partial charge on any atom is 0.241 e. The Bertz CT molecular complexity index is 275. The molecule has 0 aromatic carbocycles. The lowest BCUT2D eigenvalue weighted by Crippen LogP contribution is -2.41. The number of amides is 2. The molecule has 0 spiro atoms. The van der Waals surface area contributed by atoms with E-state index in [-0.39, 0.29) is 18.4 Å². The molecule has 0 aromatic heterocycles. The van der Waals surface area contributed by atoms with Crippen LogP contribution in [0.2, 0.25) is 0 Å². The summed E-state index contributed by atoms with van der Waals surface area (Å²) in [6, 6.07) is 0.626. The summed E-state index contributed by atoms with van der Waals surface area (Å²) in [4.78, 5) is 26.5. The SMILES string of the molecule is CCN(CC(=O)N(C)C)C(=O)CCNC1CC1. The van der Waals surface area contributed by atoms with Crippen molar-refractivity contribution in [2.75, 3.05) is 33.7 Å². The Balaban J connectivity index is 2.26. The molecule has 98 valence electrons. The molecule has 17 heavy (non-hydrogen) atoms. The first-order valence-electron chi connectivity index (χ1n) is 6.26. The molecule has 1 saturated carbocycles. The molecular formula is C12H23N3O2.